The van der Waals surface area contributed by atoms with E-state index in [1.807, 2.05) is 36.2 Å². The lowest BCUT2D eigenvalue weighted by Crippen LogP contribution is -2.53. The fourth-order valence-electron chi connectivity index (χ4n) is 6.06. The summed E-state index contributed by atoms with van der Waals surface area (Å²) in [7, 11) is 0. The Morgan fingerprint density at radius 1 is 1.21 bits per heavy atom. The van der Waals surface area contributed by atoms with E-state index in [4.69, 9.17) is 4.42 Å². The molecule has 6 nitrogen and oxygen atoms in total. The molecule has 4 unspecified atom stereocenters. The van der Waals surface area contributed by atoms with E-state index in [0.29, 0.717) is 25.1 Å². The summed E-state index contributed by atoms with van der Waals surface area (Å²) in [5.41, 5.74) is 2.70. The molecule has 174 valence electrons. The van der Waals surface area contributed by atoms with E-state index >= 15 is 0 Å². The summed E-state index contributed by atoms with van der Waals surface area (Å²) in [5, 5.41) is 10.6. The zero-order valence-electron chi connectivity index (χ0n) is 18.7. The van der Waals surface area contributed by atoms with Crippen LogP contribution in [0.1, 0.15) is 56.9 Å². The number of aliphatic carboxylic acids is 1. The number of carbonyl (C=O) groups is 2. The Kier molecular flexibility index (Phi) is 5.72. The quantitative estimate of drug-likeness (QED) is 0.531. The Morgan fingerprint density at radius 3 is 2.82 bits per heavy atom. The highest BCUT2D eigenvalue weighted by Gasteiger charge is 2.43. The highest BCUT2D eigenvalue weighted by molar-refractivity contribution is 5.97. The summed E-state index contributed by atoms with van der Waals surface area (Å²) >= 11 is 0. The van der Waals surface area contributed by atoms with Gasteiger partial charge in [0.2, 0.25) is 5.91 Å². The van der Waals surface area contributed by atoms with Crippen molar-refractivity contribution in [2.24, 2.45) is 11.8 Å². The Balaban J connectivity index is 1.39. The maximum absolute atomic E-state index is 13.5. The topological polar surface area (TPSA) is 86.5 Å². The lowest BCUT2D eigenvalue weighted by atomic mass is 9.71. The van der Waals surface area contributed by atoms with Gasteiger partial charge >= 0.3 is 5.97 Å². The van der Waals surface area contributed by atoms with Crippen molar-refractivity contribution in [2.75, 3.05) is 6.54 Å². The highest BCUT2D eigenvalue weighted by Crippen LogP contribution is 2.41. The summed E-state index contributed by atoms with van der Waals surface area (Å²) < 4.78 is 18.8. The van der Waals surface area contributed by atoms with E-state index in [1.165, 1.54) is 6.07 Å². The number of carboxylic acid groups (broad SMARTS) is 1. The first-order valence-corrected chi connectivity index (χ1v) is 11.8. The van der Waals surface area contributed by atoms with Gasteiger partial charge in [0.05, 0.1) is 5.92 Å². The van der Waals surface area contributed by atoms with Crippen molar-refractivity contribution in [2.45, 2.75) is 57.4 Å². The number of amides is 1. The summed E-state index contributed by atoms with van der Waals surface area (Å²) in [6, 6.07) is 8.06. The molecule has 0 spiro atoms. The van der Waals surface area contributed by atoms with Gasteiger partial charge in [-0.2, -0.15) is 4.39 Å². The number of furan rings is 1. The van der Waals surface area contributed by atoms with Crippen molar-refractivity contribution in [3.63, 3.8) is 0 Å². The van der Waals surface area contributed by atoms with Crippen molar-refractivity contribution in [3.05, 3.63) is 48.1 Å². The van der Waals surface area contributed by atoms with Gasteiger partial charge < -0.3 is 19.4 Å². The Bertz CT molecular complexity index is 1180. The van der Waals surface area contributed by atoms with Gasteiger partial charge in [-0.15, -0.1) is 0 Å². The van der Waals surface area contributed by atoms with Gasteiger partial charge in [-0.05, 0) is 55.2 Å². The Morgan fingerprint density at radius 2 is 2.06 bits per heavy atom. The Labute approximate surface area is 191 Å². The maximum atomic E-state index is 13.5. The fraction of sp³-hybridized carbons (Fsp3) is 0.462. The smallest absolute Gasteiger partial charge is 0.306 e. The number of carboxylic acids is 1. The predicted octanol–water partition coefficient (Wildman–Crippen LogP) is 5.55. The minimum Gasteiger partial charge on any atom is -0.481 e. The van der Waals surface area contributed by atoms with Gasteiger partial charge in [0.25, 0.3) is 6.01 Å². The fourth-order valence-corrected chi connectivity index (χ4v) is 6.06. The van der Waals surface area contributed by atoms with Crippen LogP contribution >= 0.6 is 0 Å². The van der Waals surface area contributed by atoms with E-state index in [1.54, 1.807) is 6.07 Å². The number of rotatable bonds is 5. The van der Waals surface area contributed by atoms with Crippen LogP contribution in [0.2, 0.25) is 0 Å². The molecule has 7 heteroatoms. The first kappa shape index (κ1) is 21.7. The number of carbonyl (C=O) groups excluding carboxylic acids is 1. The van der Waals surface area contributed by atoms with Crippen LogP contribution in [0, 0.1) is 17.8 Å². The van der Waals surface area contributed by atoms with Crippen LogP contribution in [0.15, 0.2) is 40.9 Å². The molecule has 5 rings (SSSR count). The molecule has 1 aliphatic heterocycles. The number of benzene rings is 1. The van der Waals surface area contributed by atoms with Crippen molar-refractivity contribution >= 4 is 22.8 Å². The molecule has 1 aliphatic carbocycles. The van der Waals surface area contributed by atoms with Crippen LogP contribution in [-0.2, 0) is 9.59 Å². The number of halogens is 1. The monoisotopic (exact) mass is 452 g/mol. The van der Waals surface area contributed by atoms with Gasteiger partial charge in [0, 0.05) is 47.7 Å². The third-order valence-corrected chi connectivity index (χ3v) is 7.59. The second kappa shape index (κ2) is 8.69. The third-order valence-electron chi connectivity index (χ3n) is 7.59. The van der Waals surface area contributed by atoms with Crippen LogP contribution in [0.25, 0.3) is 22.2 Å². The molecule has 3 aromatic rings. The second-order valence-electron chi connectivity index (χ2n) is 9.52. The number of fused-ring (bicyclic) bond motifs is 2. The van der Waals surface area contributed by atoms with Gasteiger partial charge in [-0.25, -0.2) is 0 Å². The normalized spacial score (nSPS) is 23.9. The zero-order valence-corrected chi connectivity index (χ0v) is 18.7. The average Bonchev–Trinajstić information content (AvgIpc) is 3.44. The summed E-state index contributed by atoms with van der Waals surface area (Å²) in [5.74, 6) is -0.545. The standard InChI is InChI=1S/C26H29FN2O4/c1-15(13-24(30)29-12-4-7-16-17(26(31)32)5-3-9-21(16)29)19-14-28-20-8-2-6-18(25(19)20)22-10-11-23(27)33-22/h2,6,8,10-11,14-17,21,28H,3-5,7,9,12-13H2,1H3,(H,31,32). The Hall–Kier alpha value is -3.09. The molecule has 4 atom stereocenters. The number of piperidine rings is 1. The number of H-pyrrole nitrogens is 1. The number of nitrogens with one attached hydrogen (secondary N) is 1. The van der Waals surface area contributed by atoms with Crippen molar-refractivity contribution in [1.29, 1.82) is 0 Å². The van der Waals surface area contributed by atoms with E-state index in [2.05, 4.69) is 4.98 Å². The molecule has 2 N–H and O–H groups in total. The number of nitrogens with zero attached hydrogens (tertiary/aromatic N) is 1. The molecule has 1 aromatic carbocycles. The van der Waals surface area contributed by atoms with E-state index < -0.39 is 12.0 Å². The zero-order chi connectivity index (χ0) is 23.1. The van der Waals surface area contributed by atoms with E-state index in [9.17, 15) is 19.1 Å². The molecule has 2 aliphatic rings. The largest absolute Gasteiger partial charge is 0.481 e. The summed E-state index contributed by atoms with van der Waals surface area (Å²) in [6.07, 6.45) is 6.44. The molecule has 2 aromatic heterocycles. The minimum absolute atomic E-state index is 0.0259. The van der Waals surface area contributed by atoms with Gasteiger partial charge in [0.15, 0.2) is 0 Å². The number of aromatic amines is 1. The molecule has 1 saturated heterocycles. The molecule has 0 bridgehead atoms. The predicted molar refractivity (Wildman–Crippen MR) is 122 cm³/mol. The van der Waals surface area contributed by atoms with E-state index in [-0.39, 0.29) is 29.7 Å². The first-order valence-electron chi connectivity index (χ1n) is 11.8. The number of hydrogen-bond acceptors (Lipinski definition) is 3. The van der Waals surface area contributed by atoms with Gasteiger partial charge in [-0.1, -0.05) is 25.5 Å². The number of likely N-dealkylation sites (tertiary alicyclic amines) is 1. The summed E-state index contributed by atoms with van der Waals surface area (Å²) in [4.78, 5) is 30.4. The van der Waals surface area contributed by atoms with Gasteiger partial charge in [0.1, 0.15) is 5.76 Å². The lowest BCUT2D eigenvalue weighted by Gasteiger charge is -2.46. The number of aromatic nitrogens is 1. The molecule has 0 radical (unpaired) electrons. The maximum Gasteiger partial charge on any atom is 0.306 e. The molecule has 1 amide bonds. The number of hydrogen-bond donors (Lipinski definition) is 2. The molecule has 2 fully saturated rings. The van der Waals surface area contributed by atoms with Crippen molar-refractivity contribution in [3.8, 4) is 11.3 Å². The van der Waals surface area contributed by atoms with Crippen molar-refractivity contribution < 1.29 is 23.5 Å². The second-order valence-corrected chi connectivity index (χ2v) is 9.52. The molecule has 3 heterocycles. The minimum atomic E-state index is -0.729. The van der Waals surface area contributed by atoms with Crippen LogP contribution in [0.3, 0.4) is 0 Å². The third kappa shape index (κ3) is 3.94. The average molecular weight is 453 g/mol. The van der Waals surface area contributed by atoms with Crippen LogP contribution in [-0.4, -0.2) is 39.5 Å². The summed E-state index contributed by atoms with van der Waals surface area (Å²) in [6.45, 7) is 2.73. The highest BCUT2D eigenvalue weighted by atomic mass is 19.1. The first-order chi connectivity index (χ1) is 15.9. The van der Waals surface area contributed by atoms with Crippen molar-refractivity contribution in [1.82, 2.24) is 9.88 Å². The van der Waals surface area contributed by atoms with E-state index in [0.717, 1.165) is 47.7 Å². The van der Waals surface area contributed by atoms with Gasteiger partial charge in [-0.3, -0.25) is 9.59 Å². The molecule has 1 saturated carbocycles. The van der Waals surface area contributed by atoms with Crippen LogP contribution in [0.4, 0.5) is 4.39 Å². The van der Waals surface area contributed by atoms with Crippen LogP contribution in [0.5, 0.6) is 0 Å². The molecular formula is C26H29FN2O4. The SMILES string of the molecule is CC(CC(=O)N1CCCC2C(C(=O)O)CCCC21)c1c[nH]c2cccc(-c3ccc(F)o3)c12. The van der Waals surface area contributed by atoms with Crippen LogP contribution < -0.4 is 0 Å². The molecular weight excluding hydrogens is 423 g/mol. The molecule has 33 heavy (non-hydrogen) atoms. The lowest BCUT2D eigenvalue weighted by molar-refractivity contribution is -0.152.